The van der Waals surface area contributed by atoms with Crippen LogP contribution in [0.3, 0.4) is 0 Å². The summed E-state index contributed by atoms with van der Waals surface area (Å²) in [5, 5.41) is 1.10. The van der Waals surface area contributed by atoms with Crippen LogP contribution in [-0.4, -0.2) is 9.55 Å². The van der Waals surface area contributed by atoms with Crippen molar-refractivity contribution in [1.29, 1.82) is 0 Å². The highest BCUT2D eigenvalue weighted by molar-refractivity contribution is 6.39. The predicted molar refractivity (Wildman–Crippen MR) is 86.3 cm³/mol. The van der Waals surface area contributed by atoms with Crippen molar-refractivity contribution >= 4 is 29.0 Å². The third kappa shape index (κ3) is 2.69. The smallest absolute Gasteiger partial charge is 0.132 e. The Hall–Kier alpha value is -1.45. The molecule has 0 amide bonds. The molecule has 0 aliphatic heterocycles. The molecule has 0 unspecified atom stereocenters. The number of imidazole rings is 1. The van der Waals surface area contributed by atoms with Gasteiger partial charge in [-0.2, -0.15) is 0 Å². The molecule has 0 atom stereocenters. The number of anilines is 1. The molecule has 0 fully saturated rings. The number of aryl methyl sites for hydroxylation is 1. The summed E-state index contributed by atoms with van der Waals surface area (Å²) in [5.74, 6) is 1.50. The van der Waals surface area contributed by atoms with Crippen molar-refractivity contribution in [2.75, 3.05) is 5.73 Å². The van der Waals surface area contributed by atoms with Gasteiger partial charge in [0.2, 0.25) is 0 Å². The zero-order valence-electron chi connectivity index (χ0n) is 11.4. The normalized spacial score (nSPS) is 10.8. The topological polar surface area (TPSA) is 43.8 Å². The van der Waals surface area contributed by atoms with E-state index in [-0.39, 0.29) is 0 Å². The number of rotatable bonds is 5. The van der Waals surface area contributed by atoms with Gasteiger partial charge in [0.05, 0.1) is 10.0 Å². The maximum atomic E-state index is 6.24. The maximum absolute atomic E-state index is 6.24. The van der Waals surface area contributed by atoms with E-state index in [0.29, 0.717) is 33.7 Å². The van der Waals surface area contributed by atoms with E-state index in [4.69, 9.17) is 28.9 Å². The fraction of sp³-hybridized carbons (Fsp3) is 0.267. The van der Waals surface area contributed by atoms with Gasteiger partial charge < -0.3 is 10.3 Å². The van der Waals surface area contributed by atoms with E-state index in [1.54, 1.807) is 24.3 Å². The highest BCUT2D eigenvalue weighted by atomic mass is 35.5. The van der Waals surface area contributed by atoms with Crippen molar-refractivity contribution in [3.63, 3.8) is 0 Å². The summed E-state index contributed by atoms with van der Waals surface area (Å²) in [6, 6.07) is 5.38. The van der Waals surface area contributed by atoms with Gasteiger partial charge in [-0.3, -0.25) is 0 Å². The van der Waals surface area contributed by atoms with Gasteiger partial charge in [-0.05, 0) is 18.6 Å². The average Bonchev–Trinajstić information content (AvgIpc) is 2.69. The molecule has 2 rings (SSSR count). The molecule has 0 saturated carbocycles. The lowest BCUT2D eigenvalue weighted by Crippen LogP contribution is -2.05. The van der Waals surface area contributed by atoms with Gasteiger partial charge in [-0.1, -0.05) is 42.3 Å². The molecule has 1 heterocycles. The van der Waals surface area contributed by atoms with Gasteiger partial charge in [-0.15, -0.1) is 6.58 Å². The number of aromatic nitrogens is 2. The number of hydrogen-bond acceptors (Lipinski definition) is 2. The first-order valence-corrected chi connectivity index (χ1v) is 7.25. The van der Waals surface area contributed by atoms with Crippen LogP contribution in [-0.2, 0) is 13.0 Å². The Morgan fingerprint density at radius 3 is 2.55 bits per heavy atom. The summed E-state index contributed by atoms with van der Waals surface area (Å²) in [7, 11) is 0. The summed E-state index contributed by atoms with van der Waals surface area (Å²) < 4.78 is 1.95. The van der Waals surface area contributed by atoms with Crippen molar-refractivity contribution in [3.05, 3.63) is 46.7 Å². The molecule has 20 heavy (non-hydrogen) atoms. The third-order valence-corrected chi connectivity index (χ3v) is 3.70. The van der Waals surface area contributed by atoms with Crippen molar-refractivity contribution in [2.45, 2.75) is 26.3 Å². The van der Waals surface area contributed by atoms with Crippen molar-refractivity contribution in [3.8, 4) is 11.3 Å². The van der Waals surface area contributed by atoms with Crippen LogP contribution < -0.4 is 5.73 Å². The fourth-order valence-electron chi connectivity index (χ4n) is 2.17. The highest BCUT2D eigenvalue weighted by Crippen LogP contribution is 2.37. The number of benzene rings is 1. The minimum absolute atomic E-state index is 0.551. The molecule has 106 valence electrons. The van der Waals surface area contributed by atoms with Gasteiger partial charge in [0.25, 0.3) is 0 Å². The molecule has 0 aliphatic rings. The number of hydrogen-bond donors (Lipinski definition) is 1. The summed E-state index contributed by atoms with van der Waals surface area (Å²) >= 11 is 12.5. The average molecular weight is 310 g/mol. The monoisotopic (exact) mass is 309 g/mol. The van der Waals surface area contributed by atoms with Crippen molar-refractivity contribution < 1.29 is 0 Å². The summed E-state index contributed by atoms with van der Waals surface area (Å²) in [4.78, 5) is 4.63. The fourth-order valence-corrected chi connectivity index (χ4v) is 2.75. The largest absolute Gasteiger partial charge is 0.383 e. The van der Waals surface area contributed by atoms with Crippen LogP contribution in [0, 0.1) is 0 Å². The highest BCUT2D eigenvalue weighted by Gasteiger charge is 2.19. The number of nitrogens with two attached hydrogens (primary N) is 1. The number of allylic oxidation sites excluding steroid dienone is 1. The Labute approximate surface area is 129 Å². The third-order valence-electron chi connectivity index (χ3n) is 3.07. The van der Waals surface area contributed by atoms with Crippen LogP contribution in [0.1, 0.15) is 19.2 Å². The first-order chi connectivity index (χ1) is 9.60. The Morgan fingerprint density at radius 1 is 1.35 bits per heavy atom. The van der Waals surface area contributed by atoms with Crippen LogP contribution in [0.4, 0.5) is 5.82 Å². The standard InChI is InChI=1S/C15H17Cl2N3/c1-3-6-12-19-14(15(18)20(12)9-4-2)13-10(16)7-5-8-11(13)17/h4-5,7-8H,2-3,6,9,18H2,1H3. The molecular formula is C15H17Cl2N3. The summed E-state index contributed by atoms with van der Waals surface area (Å²) in [6.45, 7) is 6.48. The Morgan fingerprint density at radius 2 is 2.00 bits per heavy atom. The van der Waals surface area contributed by atoms with Gasteiger partial charge in [0, 0.05) is 18.5 Å². The molecule has 1 aromatic heterocycles. The minimum atomic E-state index is 0.551. The van der Waals surface area contributed by atoms with Gasteiger partial charge >= 0.3 is 0 Å². The van der Waals surface area contributed by atoms with Gasteiger partial charge in [0.15, 0.2) is 0 Å². The number of nitrogen functional groups attached to an aromatic ring is 1. The quantitative estimate of drug-likeness (QED) is 0.822. The minimum Gasteiger partial charge on any atom is -0.383 e. The second kappa shape index (κ2) is 6.33. The van der Waals surface area contributed by atoms with Crippen molar-refractivity contribution in [1.82, 2.24) is 9.55 Å². The van der Waals surface area contributed by atoms with Crippen LogP contribution >= 0.6 is 23.2 Å². The van der Waals surface area contributed by atoms with E-state index in [1.165, 1.54) is 0 Å². The van der Waals surface area contributed by atoms with Crippen molar-refractivity contribution in [2.24, 2.45) is 0 Å². The van der Waals surface area contributed by atoms with E-state index < -0.39 is 0 Å². The lowest BCUT2D eigenvalue weighted by atomic mass is 10.1. The molecule has 0 radical (unpaired) electrons. The molecule has 0 spiro atoms. The molecule has 2 aromatic rings. The summed E-state index contributed by atoms with van der Waals surface area (Å²) in [5.41, 5.74) is 7.56. The second-order valence-corrected chi connectivity index (χ2v) is 5.32. The van der Waals surface area contributed by atoms with Gasteiger partial charge in [0.1, 0.15) is 17.3 Å². The lowest BCUT2D eigenvalue weighted by Gasteiger charge is -2.07. The molecule has 1 aromatic carbocycles. The molecule has 5 heteroatoms. The molecule has 0 bridgehead atoms. The second-order valence-electron chi connectivity index (χ2n) is 4.51. The number of nitrogens with zero attached hydrogens (tertiary/aromatic N) is 2. The SMILES string of the molecule is C=CCn1c(CCC)nc(-c2c(Cl)cccc2Cl)c1N. The Kier molecular flexibility index (Phi) is 4.73. The first kappa shape index (κ1) is 14.9. The zero-order valence-corrected chi connectivity index (χ0v) is 12.9. The van der Waals surface area contributed by atoms with E-state index in [2.05, 4.69) is 18.5 Å². The van der Waals surface area contributed by atoms with E-state index in [9.17, 15) is 0 Å². The zero-order chi connectivity index (χ0) is 14.7. The van der Waals surface area contributed by atoms with Gasteiger partial charge in [-0.25, -0.2) is 4.98 Å². The Balaban J connectivity index is 2.63. The van der Waals surface area contributed by atoms with E-state index in [0.717, 1.165) is 18.7 Å². The van der Waals surface area contributed by atoms with Crippen LogP contribution in [0.15, 0.2) is 30.9 Å². The summed E-state index contributed by atoms with van der Waals surface area (Å²) in [6.07, 6.45) is 3.64. The predicted octanol–water partition coefficient (Wildman–Crippen LogP) is 4.58. The molecule has 0 aliphatic carbocycles. The Bertz CT molecular complexity index is 612. The number of halogens is 2. The van der Waals surface area contributed by atoms with Crippen LogP contribution in [0.25, 0.3) is 11.3 Å². The van der Waals surface area contributed by atoms with Crippen LogP contribution in [0.5, 0.6) is 0 Å². The van der Waals surface area contributed by atoms with E-state index in [1.807, 2.05) is 4.57 Å². The van der Waals surface area contributed by atoms with E-state index >= 15 is 0 Å². The molecule has 0 saturated heterocycles. The maximum Gasteiger partial charge on any atom is 0.132 e. The van der Waals surface area contributed by atoms with Crippen LogP contribution in [0.2, 0.25) is 10.0 Å². The molecule has 2 N–H and O–H groups in total. The molecular weight excluding hydrogens is 293 g/mol. The first-order valence-electron chi connectivity index (χ1n) is 6.50. The molecule has 3 nitrogen and oxygen atoms in total. The lowest BCUT2D eigenvalue weighted by molar-refractivity contribution is 0.724.